The third-order valence-corrected chi connectivity index (χ3v) is 14.7. The monoisotopic (exact) mass is 984 g/mol. The highest BCUT2D eigenvalue weighted by Gasteiger charge is 2.38. The van der Waals surface area contributed by atoms with Crippen molar-refractivity contribution in [3.8, 4) is 134 Å². The molecule has 0 radical (unpaired) electrons. The minimum Gasteiger partial charge on any atom is -0.204 e. The summed E-state index contributed by atoms with van der Waals surface area (Å²) in [7, 11) is 0. The molecular formula is C72H44F4. The summed E-state index contributed by atoms with van der Waals surface area (Å²) in [6, 6.07) is 85.5. The zero-order valence-corrected chi connectivity index (χ0v) is 40.9. The molecule has 0 bridgehead atoms. The molecule has 0 aromatic heterocycles. The van der Waals surface area contributed by atoms with Gasteiger partial charge in [0.2, 0.25) is 0 Å². The van der Waals surface area contributed by atoms with Crippen LogP contribution >= 0.6 is 0 Å². The second-order valence-electron chi connectivity index (χ2n) is 19.1. The minimum atomic E-state index is -1.06. The summed E-state index contributed by atoms with van der Waals surface area (Å²) >= 11 is 0. The largest absolute Gasteiger partial charge is 0.204 e. The van der Waals surface area contributed by atoms with Crippen molar-refractivity contribution in [3.63, 3.8) is 0 Å². The Morgan fingerprint density at radius 1 is 0.145 bits per heavy atom. The molecule has 76 heavy (non-hydrogen) atoms. The highest BCUT2D eigenvalue weighted by Crippen LogP contribution is 2.64. The van der Waals surface area contributed by atoms with Crippen molar-refractivity contribution in [3.05, 3.63) is 290 Å². The van der Waals surface area contributed by atoms with E-state index in [9.17, 15) is 0 Å². The minimum absolute atomic E-state index is 0.376. The molecule has 0 aliphatic heterocycles. The van der Waals surface area contributed by atoms with Crippen molar-refractivity contribution in [1.29, 1.82) is 0 Å². The molecule has 4 heteroatoms. The van der Waals surface area contributed by atoms with Gasteiger partial charge in [0.25, 0.3) is 0 Å². The van der Waals surface area contributed by atoms with Gasteiger partial charge in [-0.3, -0.25) is 0 Å². The molecule has 12 aromatic rings. The van der Waals surface area contributed by atoms with Crippen LogP contribution in [0, 0.1) is 23.3 Å². The first kappa shape index (κ1) is 46.2. The van der Waals surface area contributed by atoms with E-state index in [1.807, 2.05) is 194 Å². The number of hydrogen-bond donors (Lipinski definition) is 0. The maximum absolute atomic E-state index is 17.3. The normalized spacial score (nSPS) is 11.4. The average molecular weight is 985 g/mol. The summed E-state index contributed by atoms with van der Waals surface area (Å²) in [5.41, 5.74) is 16.4. The Hall–Kier alpha value is -9.64. The lowest BCUT2D eigenvalue weighted by molar-refractivity contribution is 0.509. The van der Waals surface area contributed by atoms with E-state index in [4.69, 9.17) is 0 Å². The van der Waals surface area contributed by atoms with Crippen LogP contribution in [0.2, 0.25) is 0 Å². The van der Waals surface area contributed by atoms with Gasteiger partial charge >= 0.3 is 0 Å². The van der Waals surface area contributed by atoms with Crippen LogP contribution in [-0.4, -0.2) is 0 Å². The maximum atomic E-state index is 17.3. The SMILES string of the molecule is Fc1cc2c(cc1F)-c1c(-c3ccccc3)c(-c3ccccc3)c(-c3ccccc3)c(-c3ccccc3)c1-c1cc(F)c(F)cc1-c1c(-c3ccccc3)c(-c3ccccc3)c(-c3ccccc3)c(-c3ccccc3)c1-2. The Bertz CT molecular complexity index is 3580. The van der Waals surface area contributed by atoms with E-state index in [1.165, 1.54) is 24.3 Å². The first-order valence-corrected chi connectivity index (χ1v) is 25.4. The molecule has 0 saturated carbocycles. The summed E-state index contributed by atoms with van der Waals surface area (Å²) < 4.78 is 69.0. The summed E-state index contributed by atoms with van der Waals surface area (Å²) in [6.45, 7) is 0. The van der Waals surface area contributed by atoms with Crippen LogP contribution < -0.4 is 0 Å². The van der Waals surface area contributed by atoms with Gasteiger partial charge < -0.3 is 0 Å². The molecule has 0 saturated heterocycles. The highest BCUT2D eigenvalue weighted by atomic mass is 19.2. The van der Waals surface area contributed by atoms with E-state index in [1.54, 1.807) is 0 Å². The maximum Gasteiger partial charge on any atom is 0.159 e. The average Bonchev–Trinajstić information content (AvgIpc) is 3.55. The molecule has 12 aromatic carbocycles. The summed E-state index contributed by atoms with van der Waals surface area (Å²) in [5.74, 6) is -4.22. The smallest absolute Gasteiger partial charge is 0.159 e. The fourth-order valence-corrected chi connectivity index (χ4v) is 11.6. The van der Waals surface area contributed by atoms with Gasteiger partial charge in [0.15, 0.2) is 23.3 Å². The van der Waals surface area contributed by atoms with E-state index >= 15 is 17.6 Å². The van der Waals surface area contributed by atoms with Gasteiger partial charge in [0, 0.05) is 0 Å². The number of fused-ring (bicyclic) bond motifs is 8. The number of rotatable bonds is 8. The molecule has 13 rings (SSSR count). The quantitative estimate of drug-likeness (QED) is 0.133. The molecule has 0 nitrogen and oxygen atoms in total. The Kier molecular flexibility index (Phi) is 11.7. The third-order valence-electron chi connectivity index (χ3n) is 14.7. The summed E-state index contributed by atoms with van der Waals surface area (Å²) in [4.78, 5) is 0. The van der Waals surface area contributed by atoms with Crippen LogP contribution in [0.25, 0.3) is 134 Å². The van der Waals surface area contributed by atoms with Crippen LogP contribution in [0.4, 0.5) is 17.6 Å². The fraction of sp³-hybridized carbons (Fsp3) is 0. The van der Waals surface area contributed by atoms with Crippen molar-refractivity contribution in [2.75, 3.05) is 0 Å². The van der Waals surface area contributed by atoms with Gasteiger partial charge in [0.05, 0.1) is 0 Å². The Morgan fingerprint density at radius 2 is 0.263 bits per heavy atom. The van der Waals surface area contributed by atoms with E-state index < -0.39 is 23.3 Å². The predicted octanol–water partition coefficient (Wildman–Crippen LogP) is 20.6. The first-order chi connectivity index (χ1) is 37.4. The molecule has 1 aliphatic carbocycles. The van der Waals surface area contributed by atoms with Gasteiger partial charge in [-0.05, 0) is 158 Å². The van der Waals surface area contributed by atoms with Gasteiger partial charge in [-0.1, -0.05) is 243 Å². The number of hydrogen-bond acceptors (Lipinski definition) is 0. The summed E-state index contributed by atoms with van der Waals surface area (Å²) in [6.07, 6.45) is 0. The van der Waals surface area contributed by atoms with E-state index in [0.717, 1.165) is 66.8 Å². The van der Waals surface area contributed by atoms with E-state index in [0.29, 0.717) is 66.8 Å². The molecular weight excluding hydrogens is 941 g/mol. The van der Waals surface area contributed by atoms with Crippen LogP contribution in [0.3, 0.4) is 0 Å². The molecule has 0 spiro atoms. The van der Waals surface area contributed by atoms with Crippen LogP contribution in [0.1, 0.15) is 0 Å². The molecule has 0 N–H and O–H groups in total. The molecule has 0 unspecified atom stereocenters. The Morgan fingerprint density at radius 3 is 0.395 bits per heavy atom. The van der Waals surface area contributed by atoms with Crippen molar-refractivity contribution in [2.24, 2.45) is 0 Å². The van der Waals surface area contributed by atoms with Gasteiger partial charge in [0.1, 0.15) is 0 Å². The zero-order valence-electron chi connectivity index (χ0n) is 40.9. The molecule has 0 amide bonds. The summed E-state index contributed by atoms with van der Waals surface area (Å²) in [5, 5.41) is 0. The second kappa shape index (κ2) is 19.3. The third kappa shape index (κ3) is 7.77. The van der Waals surface area contributed by atoms with Crippen molar-refractivity contribution >= 4 is 0 Å². The fourth-order valence-electron chi connectivity index (χ4n) is 11.6. The van der Waals surface area contributed by atoms with Crippen molar-refractivity contribution in [1.82, 2.24) is 0 Å². The van der Waals surface area contributed by atoms with Gasteiger partial charge in [-0.25, -0.2) is 17.6 Å². The molecule has 0 heterocycles. The van der Waals surface area contributed by atoms with Crippen LogP contribution in [0.15, 0.2) is 267 Å². The number of halogens is 4. The van der Waals surface area contributed by atoms with Crippen molar-refractivity contribution < 1.29 is 17.6 Å². The number of benzene rings is 12. The van der Waals surface area contributed by atoms with Gasteiger partial charge in [-0.15, -0.1) is 0 Å². The molecule has 0 fully saturated rings. The molecule has 1 aliphatic rings. The Balaban J connectivity index is 1.40. The topological polar surface area (TPSA) is 0 Å². The Labute approximate surface area is 439 Å². The van der Waals surface area contributed by atoms with E-state index in [-0.39, 0.29) is 0 Å². The highest BCUT2D eigenvalue weighted by molar-refractivity contribution is 6.23. The predicted molar refractivity (Wildman–Crippen MR) is 305 cm³/mol. The molecule has 360 valence electrons. The second-order valence-corrected chi connectivity index (χ2v) is 19.1. The lowest BCUT2D eigenvalue weighted by Gasteiger charge is -2.35. The lowest BCUT2D eigenvalue weighted by Crippen LogP contribution is -2.09. The van der Waals surface area contributed by atoms with Crippen molar-refractivity contribution in [2.45, 2.75) is 0 Å². The van der Waals surface area contributed by atoms with E-state index in [2.05, 4.69) is 48.5 Å². The van der Waals surface area contributed by atoms with Crippen LogP contribution in [0.5, 0.6) is 0 Å². The zero-order chi connectivity index (χ0) is 51.3. The van der Waals surface area contributed by atoms with Gasteiger partial charge in [-0.2, -0.15) is 0 Å². The van der Waals surface area contributed by atoms with Crippen LogP contribution in [-0.2, 0) is 0 Å². The molecule has 0 atom stereocenters. The standard InChI is InChI=1S/C72H44F4/c73-57-41-53-54(42-58(57)74)71-67(51-37-21-7-22-38-51)63(47-29-13-3-14-30-47)64(48-31-15-4-16-32-48)68(52-39-23-8-24-40-52)72(71)56-44-60(76)59(75)43-55(56)70-66(50-35-19-6-20-36-50)62(46-27-11-2-12-28-46)61(45-25-9-1-10-26-45)65(69(53)70)49-33-17-5-18-34-49/h1-44H. The first-order valence-electron chi connectivity index (χ1n) is 25.4. The lowest BCUT2D eigenvalue weighted by atomic mass is 9.68.